The Balaban J connectivity index is 1.41. The normalized spacial score (nSPS) is 15.6. The van der Waals surface area contributed by atoms with Crippen molar-refractivity contribution in [3.05, 3.63) is 60.2 Å². The van der Waals surface area contributed by atoms with Gasteiger partial charge >= 0.3 is 5.97 Å². The molecule has 3 rings (SSSR count). The van der Waals surface area contributed by atoms with E-state index in [0.717, 1.165) is 43.2 Å². The van der Waals surface area contributed by atoms with Crippen molar-refractivity contribution in [1.29, 1.82) is 0 Å². The number of β-amino-alcohol motifs (C(OH)–C–C–N with tert-alkyl or cyclic N) is 1. The van der Waals surface area contributed by atoms with Crippen molar-refractivity contribution in [2.45, 2.75) is 6.10 Å². The van der Waals surface area contributed by atoms with Crippen LogP contribution in [0.2, 0.25) is 0 Å². The first-order valence-corrected chi connectivity index (χ1v) is 10.4. The van der Waals surface area contributed by atoms with Crippen LogP contribution < -0.4 is 14.4 Å². The largest absolute Gasteiger partial charge is 0.495 e. The lowest BCUT2D eigenvalue weighted by atomic mass is 10.2. The van der Waals surface area contributed by atoms with Crippen LogP contribution in [0.15, 0.2) is 54.6 Å². The minimum absolute atomic E-state index is 0.226. The van der Waals surface area contributed by atoms with Gasteiger partial charge in [-0.05, 0) is 35.9 Å². The summed E-state index contributed by atoms with van der Waals surface area (Å²) >= 11 is 0. The van der Waals surface area contributed by atoms with Gasteiger partial charge in [0.25, 0.3) is 0 Å². The van der Waals surface area contributed by atoms with Gasteiger partial charge in [-0.15, -0.1) is 0 Å². The molecule has 0 spiro atoms. The molecule has 2 aromatic rings. The molecular weight excluding hydrogens is 396 g/mol. The summed E-state index contributed by atoms with van der Waals surface area (Å²) in [5.74, 6) is 1.17. The summed E-state index contributed by atoms with van der Waals surface area (Å²) in [5.41, 5.74) is 1.98. The molecule has 7 nitrogen and oxygen atoms in total. The predicted octanol–water partition coefficient (Wildman–Crippen LogP) is 2.44. The highest BCUT2D eigenvalue weighted by Gasteiger charge is 2.21. The third kappa shape index (κ3) is 6.73. The van der Waals surface area contributed by atoms with Crippen LogP contribution in [0.1, 0.15) is 5.56 Å². The van der Waals surface area contributed by atoms with Crippen molar-refractivity contribution in [1.82, 2.24) is 4.90 Å². The number of anilines is 1. The molecule has 0 aliphatic carbocycles. The molecule has 1 saturated heterocycles. The second kappa shape index (κ2) is 11.4. The second-order valence-electron chi connectivity index (χ2n) is 7.35. The number of ether oxygens (including phenoxy) is 3. The van der Waals surface area contributed by atoms with Gasteiger partial charge in [0.2, 0.25) is 0 Å². The Hall–Kier alpha value is -3.03. The van der Waals surface area contributed by atoms with Gasteiger partial charge < -0.3 is 24.2 Å². The van der Waals surface area contributed by atoms with E-state index in [1.54, 1.807) is 13.2 Å². The molecule has 7 heteroatoms. The lowest BCUT2D eigenvalue weighted by Gasteiger charge is -2.37. The number of hydrogen-bond donors (Lipinski definition) is 1. The van der Waals surface area contributed by atoms with Crippen molar-refractivity contribution in [2.75, 3.05) is 58.5 Å². The molecule has 1 fully saturated rings. The average molecular weight is 427 g/mol. The molecule has 0 aromatic heterocycles. The summed E-state index contributed by atoms with van der Waals surface area (Å²) in [5, 5.41) is 10.4. The fraction of sp³-hybridized carbons (Fsp3) is 0.375. The van der Waals surface area contributed by atoms with Crippen molar-refractivity contribution >= 4 is 17.7 Å². The Morgan fingerprint density at radius 2 is 1.77 bits per heavy atom. The maximum absolute atomic E-state index is 11.1. The smallest absolute Gasteiger partial charge is 0.330 e. The summed E-state index contributed by atoms with van der Waals surface area (Å²) in [7, 11) is 3.04. The average Bonchev–Trinajstić information content (AvgIpc) is 2.82. The molecular formula is C24H30N2O5. The van der Waals surface area contributed by atoms with Crippen LogP contribution in [0, 0.1) is 0 Å². The van der Waals surface area contributed by atoms with Gasteiger partial charge in [-0.1, -0.05) is 24.3 Å². The van der Waals surface area contributed by atoms with Crippen LogP contribution in [0.5, 0.6) is 11.5 Å². The van der Waals surface area contributed by atoms with E-state index >= 15 is 0 Å². The van der Waals surface area contributed by atoms with Crippen LogP contribution in [0.3, 0.4) is 0 Å². The molecule has 1 unspecified atom stereocenters. The number of rotatable bonds is 9. The number of aliphatic hydroxyl groups is 1. The van der Waals surface area contributed by atoms with Gasteiger partial charge in [-0.25, -0.2) is 4.79 Å². The lowest BCUT2D eigenvalue weighted by Crippen LogP contribution is -2.49. The summed E-state index contributed by atoms with van der Waals surface area (Å²) in [6.45, 7) is 4.31. The van der Waals surface area contributed by atoms with Crippen LogP contribution in [-0.2, 0) is 9.53 Å². The summed E-state index contributed by atoms with van der Waals surface area (Å²) < 4.78 is 15.7. The quantitative estimate of drug-likeness (QED) is 0.488. The number of carbonyl (C=O) groups excluding carboxylic acids is 1. The van der Waals surface area contributed by atoms with Crippen molar-refractivity contribution in [3.8, 4) is 11.5 Å². The minimum Gasteiger partial charge on any atom is -0.495 e. The van der Waals surface area contributed by atoms with E-state index in [4.69, 9.17) is 9.47 Å². The molecule has 2 aromatic carbocycles. The van der Waals surface area contributed by atoms with Crippen LogP contribution in [-0.4, -0.2) is 75.6 Å². The molecule has 1 N–H and O–H groups in total. The van der Waals surface area contributed by atoms with Gasteiger partial charge in [0.1, 0.15) is 24.2 Å². The highest BCUT2D eigenvalue weighted by atomic mass is 16.5. The van der Waals surface area contributed by atoms with E-state index in [9.17, 15) is 9.90 Å². The molecule has 1 atom stereocenters. The van der Waals surface area contributed by atoms with Crippen molar-refractivity contribution in [3.63, 3.8) is 0 Å². The van der Waals surface area contributed by atoms with Gasteiger partial charge in [-0.3, -0.25) is 4.90 Å². The fourth-order valence-corrected chi connectivity index (χ4v) is 3.51. The Bertz CT molecular complexity index is 861. The number of benzene rings is 2. The highest BCUT2D eigenvalue weighted by molar-refractivity contribution is 5.86. The number of methoxy groups -OCH3 is 2. The zero-order valence-corrected chi connectivity index (χ0v) is 18.1. The maximum Gasteiger partial charge on any atom is 0.330 e. The molecule has 1 aliphatic rings. The molecule has 1 heterocycles. The topological polar surface area (TPSA) is 71.5 Å². The Morgan fingerprint density at radius 3 is 2.45 bits per heavy atom. The number of para-hydroxylation sites is 2. The molecule has 0 amide bonds. The third-order valence-electron chi connectivity index (χ3n) is 5.20. The first-order valence-electron chi connectivity index (χ1n) is 10.4. The molecule has 166 valence electrons. The number of piperazine rings is 1. The third-order valence-corrected chi connectivity index (χ3v) is 5.20. The summed E-state index contributed by atoms with van der Waals surface area (Å²) in [6, 6.07) is 15.4. The van der Waals surface area contributed by atoms with Gasteiger partial charge in [0, 0.05) is 38.8 Å². The van der Waals surface area contributed by atoms with E-state index in [0.29, 0.717) is 12.3 Å². The molecule has 0 bridgehead atoms. The Morgan fingerprint density at radius 1 is 1.06 bits per heavy atom. The van der Waals surface area contributed by atoms with E-state index < -0.39 is 12.1 Å². The van der Waals surface area contributed by atoms with Gasteiger partial charge in [0.15, 0.2) is 0 Å². The Labute approximate surface area is 183 Å². The van der Waals surface area contributed by atoms with Crippen molar-refractivity contribution in [2.24, 2.45) is 0 Å². The number of hydrogen-bond acceptors (Lipinski definition) is 7. The minimum atomic E-state index is -0.572. The van der Waals surface area contributed by atoms with Crippen LogP contribution in [0.4, 0.5) is 5.69 Å². The number of aliphatic hydroxyl groups excluding tert-OH is 1. The first kappa shape index (κ1) is 22.7. The molecule has 0 saturated carbocycles. The van der Waals surface area contributed by atoms with E-state index in [1.807, 2.05) is 42.5 Å². The second-order valence-corrected chi connectivity index (χ2v) is 7.35. The van der Waals surface area contributed by atoms with Crippen LogP contribution in [0.25, 0.3) is 6.08 Å². The van der Waals surface area contributed by atoms with Crippen LogP contribution >= 0.6 is 0 Å². The zero-order valence-electron chi connectivity index (χ0n) is 18.1. The van der Waals surface area contributed by atoms with Gasteiger partial charge in [-0.2, -0.15) is 0 Å². The molecule has 31 heavy (non-hydrogen) atoms. The van der Waals surface area contributed by atoms with Crippen molar-refractivity contribution < 1.29 is 24.1 Å². The highest BCUT2D eigenvalue weighted by Crippen LogP contribution is 2.28. The molecule has 1 aliphatic heterocycles. The monoisotopic (exact) mass is 426 g/mol. The number of carbonyl (C=O) groups is 1. The SMILES string of the molecule is COC(=O)C=Cc1ccc(OCC(O)CN2CCN(c3ccccc3OC)CC2)cc1. The van der Waals surface area contributed by atoms with E-state index in [2.05, 4.69) is 20.6 Å². The fourth-order valence-electron chi connectivity index (χ4n) is 3.51. The summed E-state index contributed by atoms with van der Waals surface area (Å²) in [6.07, 6.45) is 2.47. The maximum atomic E-state index is 11.1. The standard InChI is InChI=1S/C24H30N2O5/c1-29-23-6-4-3-5-22(23)26-15-13-25(14-16-26)17-20(27)18-31-21-10-7-19(8-11-21)9-12-24(28)30-2/h3-12,20,27H,13-18H2,1-2H3. The predicted molar refractivity (Wildman–Crippen MR) is 121 cm³/mol. The number of nitrogens with zero attached hydrogens (tertiary/aromatic N) is 2. The summed E-state index contributed by atoms with van der Waals surface area (Å²) in [4.78, 5) is 15.7. The first-order chi connectivity index (χ1) is 15.1. The Kier molecular flexibility index (Phi) is 8.32. The van der Waals surface area contributed by atoms with Gasteiger partial charge in [0.05, 0.1) is 19.9 Å². The molecule has 0 radical (unpaired) electrons. The zero-order chi connectivity index (χ0) is 22.1. The lowest BCUT2D eigenvalue weighted by molar-refractivity contribution is -0.134. The van der Waals surface area contributed by atoms with E-state index in [-0.39, 0.29) is 6.61 Å². The van der Waals surface area contributed by atoms with E-state index in [1.165, 1.54) is 13.2 Å². The number of esters is 1.